The van der Waals surface area contributed by atoms with Gasteiger partial charge in [-0.05, 0) is 30.3 Å². The summed E-state index contributed by atoms with van der Waals surface area (Å²) in [5.41, 5.74) is 3.57. The average molecular weight is 401 g/mol. The number of nitrogens with one attached hydrogen (secondary N) is 1. The van der Waals surface area contributed by atoms with Crippen LogP contribution in [0, 0.1) is 0 Å². The molecule has 8 heteroatoms. The van der Waals surface area contributed by atoms with Gasteiger partial charge in [-0.2, -0.15) is 11.8 Å². The lowest BCUT2D eigenvalue weighted by Gasteiger charge is -2.28. The standard InChI is InChI=1S/C19H17ClN4O2S/c20-14-5-6-15-16(11-14)21-17(22-18(15)24-7-9-27-10-8-24)12-1-3-13(4-2-12)19(25)23-26/h1-6,11,26H,7-10H2,(H,23,25). The summed E-state index contributed by atoms with van der Waals surface area (Å²) in [6.07, 6.45) is 0. The van der Waals surface area contributed by atoms with Gasteiger partial charge in [-0.15, -0.1) is 0 Å². The summed E-state index contributed by atoms with van der Waals surface area (Å²) in [7, 11) is 0. The van der Waals surface area contributed by atoms with Crippen molar-refractivity contribution in [2.75, 3.05) is 29.5 Å². The molecule has 3 aromatic rings. The summed E-state index contributed by atoms with van der Waals surface area (Å²) < 4.78 is 0. The van der Waals surface area contributed by atoms with Crippen molar-refractivity contribution >= 4 is 46.0 Å². The number of anilines is 1. The molecule has 0 aliphatic carbocycles. The van der Waals surface area contributed by atoms with Gasteiger partial charge in [0.05, 0.1) is 5.52 Å². The molecule has 1 aliphatic heterocycles. The molecule has 1 amide bonds. The third-order valence-corrected chi connectivity index (χ3v) is 5.63. The van der Waals surface area contributed by atoms with Crippen molar-refractivity contribution < 1.29 is 10.0 Å². The topological polar surface area (TPSA) is 78.3 Å². The first-order chi connectivity index (χ1) is 13.2. The number of hydroxylamine groups is 1. The molecule has 6 nitrogen and oxygen atoms in total. The van der Waals surface area contributed by atoms with Crippen molar-refractivity contribution in [2.24, 2.45) is 0 Å². The smallest absolute Gasteiger partial charge is 0.274 e. The van der Waals surface area contributed by atoms with Crippen LogP contribution in [0.15, 0.2) is 42.5 Å². The summed E-state index contributed by atoms with van der Waals surface area (Å²) in [6, 6.07) is 12.5. The van der Waals surface area contributed by atoms with Crippen molar-refractivity contribution in [2.45, 2.75) is 0 Å². The Bertz CT molecular complexity index is 991. The van der Waals surface area contributed by atoms with Gasteiger partial charge in [0.1, 0.15) is 5.82 Å². The highest BCUT2D eigenvalue weighted by Gasteiger charge is 2.18. The number of benzene rings is 2. The molecule has 0 spiro atoms. The molecule has 1 aromatic heterocycles. The summed E-state index contributed by atoms with van der Waals surface area (Å²) in [5, 5.41) is 10.4. The molecule has 0 bridgehead atoms. The van der Waals surface area contributed by atoms with E-state index in [9.17, 15) is 4.79 Å². The summed E-state index contributed by atoms with van der Waals surface area (Å²) in [6.45, 7) is 1.88. The lowest BCUT2D eigenvalue weighted by Crippen LogP contribution is -2.33. The van der Waals surface area contributed by atoms with Gasteiger partial charge in [-0.1, -0.05) is 23.7 Å². The van der Waals surface area contributed by atoms with Crippen LogP contribution in [0.4, 0.5) is 5.82 Å². The molecular formula is C19H17ClN4O2S. The van der Waals surface area contributed by atoms with Gasteiger partial charge in [0.15, 0.2) is 5.82 Å². The van der Waals surface area contributed by atoms with Crippen molar-refractivity contribution in [3.8, 4) is 11.4 Å². The van der Waals surface area contributed by atoms with E-state index >= 15 is 0 Å². The monoisotopic (exact) mass is 400 g/mol. The van der Waals surface area contributed by atoms with Crippen molar-refractivity contribution in [1.82, 2.24) is 15.4 Å². The zero-order valence-electron chi connectivity index (χ0n) is 14.4. The Morgan fingerprint density at radius 3 is 2.56 bits per heavy atom. The van der Waals surface area contributed by atoms with E-state index < -0.39 is 5.91 Å². The first-order valence-corrected chi connectivity index (χ1v) is 10.0. The molecule has 2 heterocycles. The predicted octanol–water partition coefficient (Wildman–Crippen LogP) is 3.62. The molecule has 4 rings (SSSR count). The van der Waals surface area contributed by atoms with Crippen LogP contribution in [-0.2, 0) is 0 Å². The Labute approximate surface area is 165 Å². The summed E-state index contributed by atoms with van der Waals surface area (Å²) in [5.74, 6) is 3.07. The van der Waals surface area contributed by atoms with Crippen LogP contribution >= 0.6 is 23.4 Å². The summed E-state index contributed by atoms with van der Waals surface area (Å²) >= 11 is 8.12. The Kier molecular flexibility index (Phi) is 5.15. The molecule has 2 aromatic carbocycles. The van der Waals surface area contributed by atoms with Crippen LogP contribution in [0.1, 0.15) is 10.4 Å². The Balaban J connectivity index is 1.81. The fourth-order valence-corrected chi connectivity index (χ4v) is 4.14. The van der Waals surface area contributed by atoms with Crippen molar-refractivity contribution in [3.63, 3.8) is 0 Å². The van der Waals surface area contributed by atoms with Crippen molar-refractivity contribution in [1.29, 1.82) is 0 Å². The highest BCUT2D eigenvalue weighted by molar-refractivity contribution is 7.99. The number of thioether (sulfide) groups is 1. The predicted molar refractivity (Wildman–Crippen MR) is 109 cm³/mol. The second-order valence-corrected chi connectivity index (χ2v) is 7.81. The molecular weight excluding hydrogens is 384 g/mol. The molecule has 0 atom stereocenters. The zero-order valence-corrected chi connectivity index (χ0v) is 15.9. The first kappa shape index (κ1) is 18.0. The lowest BCUT2D eigenvalue weighted by atomic mass is 10.1. The third kappa shape index (κ3) is 3.71. The van der Waals surface area contributed by atoms with Gasteiger partial charge < -0.3 is 4.90 Å². The Morgan fingerprint density at radius 1 is 1.11 bits per heavy atom. The lowest BCUT2D eigenvalue weighted by molar-refractivity contribution is 0.0706. The first-order valence-electron chi connectivity index (χ1n) is 8.50. The molecule has 2 N–H and O–H groups in total. The van der Waals surface area contributed by atoms with E-state index in [1.165, 1.54) is 0 Å². The normalized spacial score (nSPS) is 14.4. The van der Waals surface area contributed by atoms with Gasteiger partial charge in [0, 0.05) is 46.1 Å². The van der Waals surface area contributed by atoms with Crippen LogP contribution in [-0.4, -0.2) is 45.7 Å². The molecule has 1 fully saturated rings. The second-order valence-electron chi connectivity index (χ2n) is 6.15. The van der Waals surface area contributed by atoms with E-state index in [2.05, 4.69) is 9.88 Å². The van der Waals surface area contributed by atoms with Crippen LogP contribution < -0.4 is 10.4 Å². The minimum atomic E-state index is -0.556. The quantitative estimate of drug-likeness (QED) is 0.516. The van der Waals surface area contributed by atoms with E-state index in [1.54, 1.807) is 29.7 Å². The maximum Gasteiger partial charge on any atom is 0.274 e. The molecule has 27 heavy (non-hydrogen) atoms. The average Bonchev–Trinajstić information content (AvgIpc) is 2.73. The van der Waals surface area contributed by atoms with Crippen LogP contribution in [0.2, 0.25) is 5.02 Å². The number of rotatable bonds is 3. The maximum atomic E-state index is 11.5. The van der Waals surface area contributed by atoms with Gasteiger partial charge in [0.2, 0.25) is 0 Å². The Hall–Kier alpha value is -2.35. The highest BCUT2D eigenvalue weighted by atomic mass is 35.5. The van der Waals surface area contributed by atoms with Gasteiger partial charge >= 0.3 is 0 Å². The van der Waals surface area contributed by atoms with Crippen LogP contribution in [0.25, 0.3) is 22.3 Å². The van der Waals surface area contributed by atoms with Crippen LogP contribution in [0.5, 0.6) is 0 Å². The third-order valence-electron chi connectivity index (χ3n) is 4.46. The second kappa shape index (κ2) is 7.72. The maximum absolute atomic E-state index is 11.5. The SMILES string of the molecule is O=C(NO)c1ccc(-c2nc(N3CCSCC3)c3ccc(Cl)cc3n2)cc1. The minimum absolute atomic E-state index is 0.360. The van der Waals surface area contributed by atoms with E-state index in [-0.39, 0.29) is 0 Å². The molecule has 0 saturated carbocycles. The Morgan fingerprint density at radius 2 is 1.85 bits per heavy atom. The fourth-order valence-electron chi connectivity index (χ4n) is 3.07. The molecule has 0 unspecified atom stereocenters. The molecule has 138 valence electrons. The number of fused-ring (bicyclic) bond motifs is 1. The number of hydrogen-bond acceptors (Lipinski definition) is 6. The largest absolute Gasteiger partial charge is 0.354 e. The van der Waals surface area contributed by atoms with E-state index in [1.807, 2.05) is 30.0 Å². The number of carbonyl (C=O) groups is 1. The highest BCUT2D eigenvalue weighted by Crippen LogP contribution is 2.30. The van der Waals surface area contributed by atoms with Crippen molar-refractivity contribution in [3.05, 3.63) is 53.1 Å². The number of halogens is 1. The van der Waals surface area contributed by atoms with E-state index in [4.69, 9.17) is 21.8 Å². The number of aromatic nitrogens is 2. The number of amides is 1. The van der Waals surface area contributed by atoms with E-state index in [0.717, 1.165) is 46.9 Å². The zero-order chi connectivity index (χ0) is 18.8. The minimum Gasteiger partial charge on any atom is -0.354 e. The van der Waals surface area contributed by atoms with Crippen LogP contribution in [0.3, 0.4) is 0 Å². The summed E-state index contributed by atoms with van der Waals surface area (Å²) in [4.78, 5) is 23.3. The number of hydrogen-bond donors (Lipinski definition) is 2. The molecule has 1 aliphatic rings. The number of carbonyl (C=O) groups excluding carboxylic acids is 1. The molecule has 0 radical (unpaired) electrons. The number of nitrogens with zero attached hydrogens (tertiary/aromatic N) is 3. The van der Waals surface area contributed by atoms with Gasteiger partial charge in [-0.3, -0.25) is 10.0 Å². The van der Waals surface area contributed by atoms with Gasteiger partial charge in [-0.25, -0.2) is 15.4 Å². The molecule has 1 saturated heterocycles. The van der Waals surface area contributed by atoms with E-state index in [0.29, 0.717) is 16.4 Å². The fraction of sp³-hybridized carbons (Fsp3) is 0.211. The van der Waals surface area contributed by atoms with Gasteiger partial charge in [0.25, 0.3) is 5.91 Å².